The molecule has 232 valence electrons. The van der Waals surface area contributed by atoms with Crippen molar-refractivity contribution in [1.29, 1.82) is 0 Å². The number of unbranched alkanes of at least 4 members (excludes halogenated alkanes) is 15. The second kappa shape index (κ2) is 22.8. The topological polar surface area (TPSA) is 98.9 Å². The first kappa shape index (κ1) is 36.1. The second-order valence-electron chi connectivity index (χ2n) is 12.0. The first-order chi connectivity index (χ1) is 19.3. The predicted octanol–water partition coefficient (Wildman–Crippen LogP) is 7.14. The summed E-state index contributed by atoms with van der Waals surface area (Å²) in [6.45, 7) is 5.40. The third-order valence-electron chi connectivity index (χ3n) is 7.93. The van der Waals surface area contributed by atoms with Crippen LogP contribution >= 0.6 is 0 Å². The van der Waals surface area contributed by atoms with Crippen LogP contribution in [0.5, 0.6) is 0 Å². The average molecular weight is 566 g/mol. The van der Waals surface area contributed by atoms with Crippen LogP contribution in [0.2, 0.25) is 0 Å². The van der Waals surface area contributed by atoms with E-state index in [1.807, 2.05) is 0 Å². The molecule has 3 N–H and O–H groups in total. The van der Waals surface area contributed by atoms with Gasteiger partial charge in [0, 0.05) is 24.8 Å². The number of nitro benzene ring substituents is 1. The van der Waals surface area contributed by atoms with Crippen LogP contribution in [-0.2, 0) is 0 Å². The fourth-order valence-electron chi connectivity index (χ4n) is 5.32. The Kier molecular flexibility index (Phi) is 20.5. The van der Waals surface area contributed by atoms with E-state index in [-0.39, 0.29) is 23.8 Å². The molecule has 1 aromatic rings. The van der Waals surface area contributed by atoms with Gasteiger partial charge >= 0.3 is 0 Å². The van der Waals surface area contributed by atoms with Crippen LogP contribution in [0.25, 0.3) is 0 Å². The lowest BCUT2D eigenvalue weighted by Gasteiger charge is -2.30. The number of benzene rings is 1. The second-order valence-corrected chi connectivity index (χ2v) is 12.0. The number of rotatable bonds is 27. The molecule has 0 atom stereocenters. The zero-order chi connectivity index (χ0) is 29.5. The third-order valence-corrected chi connectivity index (χ3v) is 7.93. The molecule has 0 bridgehead atoms. The Morgan fingerprint density at radius 2 is 1.25 bits per heavy atom. The number of anilines is 2. The fraction of sp³-hybridized carbons (Fsp3) is 0.812. The van der Waals surface area contributed by atoms with Gasteiger partial charge in [0.2, 0.25) is 0 Å². The van der Waals surface area contributed by atoms with Gasteiger partial charge in [-0.15, -0.1) is 0 Å². The summed E-state index contributed by atoms with van der Waals surface area (Å²) < 4.78 is 0.887. The number of nitrogens with zero attached hydrogens (tertiary/aromatic N) is 3. The van der Waals surface area contributed by atoms with Crippen LogP contribution in [0.15, 0.2) is 18.2 Å². The quantitative estimate of drug-likeness (QED) is 0.0454. The molecule has 0 saturated carbocycles. The summed E-state index contributed by atoms with van der Waals surface area (Å²) in [4.78, 5) is 13.1. The molecule has 0 amide bonds. The highest BCUT2D eigenvalue weighted by molar-refractivity contribution is 5.68. The van der Waals surface area contributed by atoms with Gasteiger partial charge in [-0.25, -0.2) is 0 Å². The molecule has 0 aliphatic carbocycles. The fourth-order valence-corrected chi connectivity index (χ4v) is 5.32. The highest BCUT2D eigenvalue weighted by atomic mass is 16.6. The molecule has 0 fully saturated rings. The molecule has 40 heavy (non-hydrogen) atoms. The van der Waals surface area contributed by atoms with Crippen molar-refractivity contribution < 1.29 is 19.6 Å². The lowest BCUT2D eigenvalue weighted by atomic mass is 10.0. The van der Waals surface area contributed by atoms with E-state index < -0.39 is 0 Å². The van der Waals surface area contributed by atoms with Crippen molar-refractivity contribution in [2.24, 2.45) is 0 Å². The molecule has 1 aromatic carbocycles. The van der Waals surface area contributed by atoms with Crippen molar-refractivity contribution in [3.63, 3.8) is 0 Å². The van der Waals surface area contributed by atoms with Crippen LogP contribution < -0.4 is 10.2 Å². The van der Waals surface area contributed by atoms with Crippen molar-refractivity contribution >= 4 is 17.1 Å². The first-order valence-electron chi connectivity index (χ1n) is 16.2. The van der Waals surface area contributed by atoms with Crippen molar-refractivity contribution in [3.8, 4) is 0 Å². The molecular weight excluding hydrogens is 504 g/mol. The van der Waals surface area contributed by atoms with Gasteiger partial charge in [0.05, 0.1) is 51.9 Å². The summed E-state index contributed by atoms with van der Waals surface area (Å²) in [6, 6.07) is 5.05. The van der Waals surface area contributed by atoms with Crippen molar-refractivity contribution in [3.05, 3.63) is 28.3 Å². The maximum Gasteiger partial charge on any atom is 0.294 e. The highest BCUT2D eigenvalue weighted by Gasteiger charge is 2.19. The smallest absolute Gasteiger partial charge is 0.294 e. The maximum atomic E-state index is 11.7. The summed E-state index contributed by atoms with van der Waals surface area (Å²) in [6.07, 6.45) is 22.0. The Hall–Kier alpha value is -1.90. The Labute approximate surface area is 244 Å². The molecule has 0 heterocycles. The van der Waals surface area contributed by atoms with Gasteiger partial charge in [-0.2, -0.15) is 0 Å². The Balaban J connectivity index is 2.19. The van der Waals surface area contributed by atoms with Gasteiger partial charge in [-0.3, -0.25) is 10.1 Å². The van der Waals surface area contributed by atoms with Crippen LogP contribution in [0.3, 0.4) is 0 Å². The minimum absolute atomic E-state index is 0.0153. The van der Waals surface area contributed by atoms with E-state index in [0.717, 1.165) is 17.6 Å². The highest BCUT2D eigenvalue weighted by Crippen LogP contribution is 2.29. The molecule has 0 aliphatic heterocycles. The zero-order valence-electron chi connectivity index (χ0n) is 26.0. The van der Waals surface area contributed by atoms with E-state index in [1.165, 1.54) is 109 Å². The van der Waals surface area contributed by atoms with Gasteiger partial charge < -0.3 is 24.9 Å². The van der Waals surface area contributed by atoms with Crippen LogP contribution in [0.1, 0.15) is 110 Å². The van der Waals surface area contributed by atoms with Crippen molar-refractivity contribution in [2.75, 3.05) is 70.2 Å². The van der Waals surface area contributed by atoms with Crippen LogP contribution in [0.4, 0.5) is 17.1 Å². The van der Waals surface area contributed by atoms with Gasteiger partial charge in [0.25, 0.3) is 5.69 Å². The first-order valence-corrected chi connectivity index (χ1v) is 16.2. The van der Waals surface area contributed by atoms with E-state index in [2.05, 4.69) is 26.3 Å². The number of hydrogen-bond acceptors (Lipinski definition) is 6. The van der Waals surface area contributed by atoms with Crippen LogP contribution in [-0.4, -0.2) is 79.7 Å². The monoisotopic (exact) mass is 565 g/mol. The van der Waals surface area contributed by atoms with Crippen LogP contribution in [0, 0.1) is 10.1 Å². The number of aliphatic hydroxyl groups is 2. The number of nitrogens with one attached hydrogen (secondary N) is 1. The van der Waals surface area contributed by atoms with E-state index in [0.29, 0.717) is 31.0 Å². The van der Waals surface area contributed by atoms with Gasteiger partial charge in [0.15, 0.2) is 0 Å². The van der Waals surface area contributed by atoms with E-state index >= 15 is 0 Å². The molecule has 0 radical (unpaired) electrons. The number of aliphatic hydroxyl groups excluding tert-OH is 2. The lowest BCUT2D eigenvalue weighted by Crippen LogP contribution is -2.43. The zero-order valence-corrected chi connectivity index (χ0v) is 26.0. The molecule has 8 heteroatoms. The van der Waals surface area contributed by atoms with E-state index in [1.54, 1.807) is 17.0 Å². The largest absolute Gasteiger partial charge is 0.395 e. The normalized spacial score (nSPS) is 11.6. The SMILES string of the molecule is CCCCCCCCCCCCCCCCCC[N+](C)(C)CCNc1ccc(N(CCO)CCO)cc1[N+](=O)[O-]. The minimum Gasteiger partial charge on any atom is -0.395 e. The summed E-state index contributed by atoms with van der Waals surface area (Å²) in [5, 5.41) is 33.5. The molecule has 0 saturated heterocycles. The number of likely N-dealkylation sites (N-methyl/N-ethyl adjacent to an activating group) is 1. The summed E-state index contributed by atoms with van der Waals surface area (Å²) in [7, 11) is 4.46. The third kappa shape index (κ3) is 17.0. The van der Waals surface area contributed by atoms with Gasteiger partial charge in [-0.05, 0) is 25.0 Å². The van der Waals surface area contributed by atoms with E-state index in [4.69, 9.17) is 0 Å². The molecule has 0 aliphatic rings. The minimum atomic E-state index is -0.377. The molecule has 0 spiro atoms. The summed E-state index contributed by atoms with van der Waals surface area (Å²) in [5.41, 5.74) is 1.14. The maximum absolute atomic E-state index is 11.7. The standard InChI is InChI=1S/C32H61N4O4/c1-4-5-6-7-8-9-10-11-12-13-14-15-16-17-18-19-25-36(2,3)26-22-33-31-21-20-30(29-32(31)35(39)40)34(23-27-37)24-28-38/h20-21,29,33,37-38H,4-19,22-28H2,1-3H3/q+1. The van der Waals surface area contributed by atoms with Gasteiger partial charge in [0.1, 0.15) is 5.69 Å². The predicted molar refractivity (Wildman–Crippen MR) is 169 cm³/mol. The molecule has 8 nitrogen and oxygen atoms in total. The number of hydrogen-bond donors (Lipinski definition) is 3. The van der Waals surface area contributed by atoms with E-state index in [9.17, 15) is 20.3 Å². The number of quaternary nitrogens is 1. The Morgan fingerprint density at radius 1 is 0.775 bits per heavy atom. The molecule has 0 unspecified atom stereocenters. The van der Waals surface area contributed by atoms with Crippen molar-refractivity contribution in [2.45, 2.75) is 110 Å². The lowest BCUT2D eigenvalue weighted by molar-refractivity contribution is -0.888. The molecule has 0 aromatic heterocycles. The summed E-state index contributed by atoms with van der Waals surface area (Å²) >= 11 is 0. The number of nitro groups is 1. The summed E-state index contributed by atoms with van der Waals surface area (Å²) in [5.74, 6) is 0. The Bertz CT molecular complexity index is 769. The molecular formula is C32H61N4O4+. The average Bonchev–Trinajstić information content (AvgIpc) is 2.92. The molecule has 1 rings (SSSR count). The Morgan fingerprint density at radius 3 is 1.70 bits per heavy atom. The van der Waals surface area contributed by atoms with Gasteiger partial charge in [-0.1, -0.05) is 96.8 Å². The van der Waals surface area contributed by atoms with Crippen molar-refractivity contribution in [1.82, 2.24) is 0 Å².